The summed E-state index contributed by atoms with van der Waals surface area (Å²) in [5.41, 5.74) is 4.47. The summed E-state index contributed by atoms with van der Waals surface area (Å²) in [6.07, 6.45) is 0.690. The van der Waals surface area contributed by atoms with Crippen LogP contribution in [0.5, 0.6) is 0 Å². The van der Waals surface area contributed by atoms with Gasteiger partial charge in [-0.2, -0.15) is 9.61 Å². The molecule has 0 bridgehead atoms. The minimum absolute atomic E-state index is 0.439. The SMILES string of the molecule is Cc1ccc(Cc2nnc3ccc(Cl)nn23)cc1C. The normalized spacial score (nSPS) is 11.1. The molecule has 0 aliphatic rings. The molecule has 1 aromatic carbocycles. The number of halogens is 1. The van der Waals surface area contributed by atoms with Gasteiger partial charge >= 0.3 is 0 Å². The minimum atomic E-state index is 0.439. The van der Waals surface area contributed by atoms with Gasteiger partial charge < -0.3 is 0 Å². The van der Waals surface area contributed by atoms with E-state index in [2.05, 4.69) is 47.3 Å². The smallest absolute Gasteiger partial charge is 0.178 e. The summed E-state index contributed by atoms with van der Waals surface area (Å²) in [5.74, 6) is 0.792. The molecule has 5 heteroatoms. The van der Waals surface area contributed by atoms with Gasteiger partial charge in [-0.1, -0.05) is 29.8 Å². The highest BCUT2D eigenvalue weighted by Crippen LogP contribution is 2.14. The van der Waals surface area contributed by atoms with E-state index in [9.17, 15) is 0 Å². The topological polar surface area (TPSA) is 43.1 Å². The first kappa shape index (κ1) is 12.1. The molecule has 2 heterocycles. The highest BCUT2D eigenvalue weighted by molar-refractivity contribution is 6.29. The van der Waals surface area contributed by atoms with Crippen molar-refractivity contribution in [3.8, 4) is 0 Å². The summed E-state index contributed by atoms with van der Waals surface area (Å²) >= 11 is 5.91. The highest BCUT2D eigenvalue weighted by Gasteiger charge is 2.08. The Kier molecular flexibility index (Phi) is 2.95. The minimum Gasteiger partial charge on any atom is -0.196 e. The fourth-order valence-corrected chi connectivity index (χ4v) is 2.16. The van der Waals surface area contributed by atoms with Crippen LogP contribution < -0.4 is 0 Å². The fourth-order valence-electron chi connectivity index (χ4n) is 2.02. The molecule has 0 aliphatic heterocycles. The standard InChI is InChI=1S/C14H13ClN4/c1-9-3-4-11(7-10(9)2)8-14-17-16-13-6-5-12(15)18-19(13)14/h3-7H,8H2,1-2H3. The zero-order valence-electron chi connectivity index (χ0n) is 10.8. The summed E-state index contributed by atoms with van der Waals surface area (Å²) in [5, 5.41) is 12.9. The Hall–Kier alpha value is -1.94. The Balaban J connectivity index is 2.00. The van der Waals surface area contributed by atoms with Gasteiger partial charge in [-0.15, -0.1) is 10.2 Å². The Morgan fingerprint density at radius 2 is 1.89 bits per heavy atom. The van der Waals surface area contributed by atoms with Crippen molar-refractivity contribution in [2.24, 2.45) is 0 Å². The van der Waals surface area contributed by atoms with Gasteiger partial charge in [-0.25, -0.2) is 0 Å². The molecule has 0 unspecified atom stereocenters. The third kappa shape index (κ3) is 2.31. The summed E-state index contributed by atoms with van der Waals surface area (Å²) in [6.45, 7) is 4.21. The van der Waals surface area contributed by atoms with Crippen molar-refractivity contribution in [3.63, 3.8) is 0 Å². The number of nitrogens with zero attached hydrogens (tertiary/aromatic N) is 4. The van der Waals surface area contributed by atoms with Crippen LogP contribution in [0.2, 0.25) is 5.15 Å². The Labute approximate surface area is 116 Å². The average Bonchev–Trinajstić information content (AvgIpc) is 2.77. The van der Waals surface area contributed by atoms with Crippen molar-refractivity contribution in [2.75, 3.05) is 0 Å². The molecule has 19 heavy (non-hydrogen) atoms. The molecule has 3 aromatic rings. The predicted molar refractivity (Wildman–Crippen MR) is 74.5 cm³/mol. The molecule has 0 atom stereocenters. The van der Waals surface area contributed by atoms with Crippen LogP contribution in [0.1, 0.15) is 22.5 Å². The van der Waals surface area contributed by atoms with Crippen molar-refractivity contribution in [3.05, 3.63) is 58.0 Å². The molecule has 0 N–H and O–H groups in total. The van der Waals surface area contributed by atoms with E-state index in [1.54, 1.807) is 10.6 Å². The first-order valence-corrected chi connectivity index (χ1v) is 6.44. The first-order chi connectivity index (χ1) is 9.13. The van der Waals surface area contributed by atoms with Crippen molar-refractivity contribution in [1.29, 1.82) is 0 Å². The van der Waals surface area contributed by atoms with Gasteiger partial charge in [0.25, 0.3) is 0 Å². The predicted octanol–water partition coefficient (Wildman–Crippen LogP) is 2.99. The third-order valence-corrected chi connectivity index (χ3v) is 3.43. The van der Waals surface area contributed by atoms with Gasteiger partial charge in [-0.3, -0.25) is 0 Å². The maximum atomic E-state index is 5.91. The highest BCUT2D eigenvalue weighted by atomic mass is 35.5. The zero-order chi connectivity index (χ0) is 13.4. The average molecular weight is 273 g/mol. The van der Waals surface area contributed by atoms with Crippen molar-refractivity contribution >= 4 is 17.2 Å². The van der Waals surface area contributed by atoms with Crippen LogP contribution in [0.3, 0.4) is 0 Å². The monoisotopic (exact) mass is 272 g/mol. The number of hydrogen-bond donors (Lipinski definition) is 0. The Morgan fingerprint density at radius 1 is 1.05 bits per heavy atom. The number of fused-ring (bicyclic) bond motifs is 1. The molecular weight excluding hydrogens is 260 g/mol. The Morgan fingerprint density at radius 3 is 2.68 bits per heavy atom. The fraction of sp³-hybridized carbons (Fsp3) is 0.214. The maximum absolute atomic E-state index is 5.91. The van der Waals surface area contributed by atoms with Gasteiger partial charge in [0.1, 0.15) is 5.15 Å². The largest absolute Gasteiger partial charge is 0.196 e. The lowest BCUT2D eigenvalue weighted by Crippen LogP contribution is -2.00. The molecule has 0 fully saturated rings. The van der Waals surface area contributed by atoms with E-state index in [-0.39, 0.29) is 0 Å². The van der Waals surface area contributed by atoms with E-state index in [4.69, 9.17) is 11.6 Å². The second-order valence-corrected chi connectivity index (χ2v) is 5.02. The van der Waals surface area contributed by atoms with Crippen molar-refractivity contribution < 1.29 is 0 Å². The molecule has 2 aromatic heterocycles. The number of aryl methyl sites for hydroxylation is 2. The van der Waals surface area contributed by atoms with Gasteiger partial charge in [-0.05, 0) is 42.7 Å². The molecule has 3 rings (SSSR count). The quantitative estimate of drug-likeness (QED) is 0.720. The summed E-state index contributed by atoms with van der Waals surface area (Å²) < 4.78 is 1.69. The van der Waals surface area contributed by atoms with Crippen LogP contribution in [0.15, 0.2) is 30.3 Å². The molecule has 96 valence electrons. The third-order valence-electron chi connectivity index (χ3n) is 3.23. The van der Waals surface area contributed by atoms with Crippen LogP contribution in [-0.4, -0.2) is 19.8 Å². The van der Waals surface area contributed by atoms with Gasteiger partial charge in [0, 0.05) is 6.42 Å². The number of benzene rings is 1. The molecule has 0 saturated heterocycles. The molecule has 4 nitrogen and oxygen atoms in total. The van der Waals surface area contributed by atoms with Gasteiger partial charge in [0.15, 0.2) is 11.5 Å². The molecular formula is C14H13ClN4. The van der Waals surface area contributed by atoms with Crippen LogP contribution in [0, 0.1) is 13.8 Å². The van der Waals surface area contributed by atoms with Crippen LogP contribution in [0.25, 0.3) is 5.65 Å². The molecule has 0 spiro atoms. The number of hydrogen-bond acceptors (Lipinski definition) is 3. The lowest BCUT2D eigenvalue weighted by atomic mass is 10.0. The van der Waals surface area contributed by atoms with E-state index < -0.39 is 0 Å². The van der Waals surface area contributed by atoms with Crippen molar-refractivity contribution in [2.45, 2.75) is 20.3 Å². The lowest BCUT2D eigenvalue weighted by Gasteiger charge is -2.04. The van der Waals surface area contributed by atoms with E-state index in [0.717, 1.165) is 5.82 Å². The van der Waals surface area contributed by atoms with Crippen LogP contribution >= 0.6 is 11.6 Å². The number of aromatic nitrogens is 4. The van der Waals surface area contributed by atoms with Gasteiger partial charge in [0.2, 0.25) is 0 Å². The second kappa shape index (κ2) is 4.63. The molecule has 0 amide bonds. The second-order valence-electron chi connectivity index (χ2n) is 4.64. The van der Waals surface area contributed by atoms with E-state index in [1.165, 1.54) is 16.7 Å². The summed E-state index contributed by atoms with van der Waals surface area (Å²) in [4.78, 5) is 0. The van der Waals surface area contributed by atoms with E-state index in [1.807, 2.05) is 6.07 Å². The molecule has 0 saturated carbocycles. The van der Waals surface area contributed by atoms with E-state index in [0.29, 0.717) is 17.2 Å². The van der Waals surface area contributed by atoms with Crippen molar-refractivity contribution in [1.82, 2.24) is 19.8 Å². The maximum Gasteiger partial charge on any atom is 0.178 e. The lowest BCUT2D eigenvalue weighted by molar-refractivity contribution is 0.837. The summed E-state index contributed by atoms with van der Waals surface area (Å²) in [6, 6.07) is 9.92. The van der Waals surface area contributed by atoms with Gasteiger partial charge in [0.05, 0.1) is 0 Å². The molecule has 0 aliphatic carbocycles. The first-order valence-electron chi connectivity index (χ1n) is 6.06. The molecule has 0 radical (unpaired) electrons. The van der Waals surface area contributed by atoms with Crippen LogP contribution in [-0.2, 0) is 6.42 Å². The Bertz CT molecular complexity index is 748. The van der Waals surface area contributed by atoms with Crippen LogP contribution in [0.4, 0.5) is 0 Å². The summed E-state index contributed by atoms with van der Waals surface area (Å²) in [7, 11) is 0. The number of rotatable bonds is 2. The zero-order valence-corrected chi connectivity index (χ0v) is 11.5. The van der Waals surface area contributed by atoms with E-state index >= 15 is 0 Å².